The standard InChI is InChI=1S/C19H20F3N3O/c20-19(21,22)15-7-3-4-8-16(15)24-18(26)17-13-14(9-10-23-17)25-11-5-1-2-6-12-25/h3-4,7-10,13H,1-2,5-6,11-12H2,(H,24,26). The van der Waals surface area contributed by atoms with Crippen LogP contribution < -0.4 is 10.2 Å². The van der Waals surface area contributed by atoms with E-state index < -0.39 is 17.6 Å². The number of benzene rings is 1. The fourth-order valence-corrected chi connectivity index (χ4v) is 3.09. The summed E-state index contributed by atoms with van der Waals surface area (Å²) in [5, 5.41) is 2.34. The molecule has 4 nitrogen and oxygen atoms in total. The number of alkyl halides is 3. The van der Waals surface area contributed by atoms with Crippen molar-refractivity contribution in [3.05, 3.63) is 53.9 Å². The fourth-order valence-electron chi connectivity index (χ4n) is 3.09. The minimum Gasteiger partial charge on any atom is -0.371 e. The Labute approximate surface area is 150 Å². The number of rotatable bonds is 3. The topological polar surface area (TPSA) is 45.2 Å². The summed E-state index contributed by atoms with van der Waals surface area (Å²) in [6.45, 7) is 1.81. The van der Waals surface area contributed by atoms with Crippen molar-refractivity contribution in [3.63, 3.8) is 0 Å². The summed E-state index contributed by atoms with van der Waals surface area (Å²) >= 11 is 0. The van der Waals surface area contributed by atoms with Crippen LogP contribution in [0.3, 0.4) is 0 Å². The zero-order valence-electron chi connectivity index (χ0n) is 14.2. The molecule has 1 N–H and O–H groups in total. The summed E-state index contributed by atoms with van der Waals surface area (Å²) in [5.74, 6) is -0.654. The molecule has 26 heavy (non-hydrogen) atoms. The van der Waals surface area contributed by atoms with Crippen molar-refractivity contribution >= 4 is 17.3 Å². The van der Waals surface area contributed by atoms with E-state index in [0.717, 1.165) is 37.7 Å². The van der Waals surface area contributed by atoms with Gasteiger partial charge in [-0.1, -0.05) is 25.0 Å². The lowest BCUT2D eigenvalue weighted by atomic mass is 10.1. The van der Waals surface area contributed by atoms with Crippen molar-refractivity contribution in [1.82, 2.24) is 4.98 Å². The Kier molecular flexibility index (Phi) is 5.44. The number of aromatic nitrogens is 1. The summed E-state index contributed by atoms with van der Waals surface area (Å²) in [6, 6.07) is 8.38. The zero-order chi connectivity index (χ0) is 18.6. The predicted octanol–water partition coefficient (Wildman–Crippen LogP) is 4.73. The van der Waals surface area contributed by atoms with E-state index >= 15 is 0 Å². The van der Waals surface area contributed by atoms with Gasteiger partial charge in [0, 0.05) is 25.0 Å². The van der Waals surface area contributed by atoms with Gasteiger partial charge in [0.05, 0.1) is 11.3 Å². The summed E-state index contributed by atoms with van der Waals surface area (Å²) in [7, 11) is 0. The molecule has 0 aliphatic carbocycles. The number of nitrogens with one attached hydrogen (secondary N) is 1. The number of amides is 1. The smallest absolute Gasteiger partial charge is 0.371 e. The van der Waals surface area contributed by atoms with Crippen LogP contribution in [0.2, 0.25) is 0 Å². The van der Waals surface area contributed by atoms with Gasteiger partial charge in [-0.05, 0) is 37.1 Å². The number of pyridine rings is 1. The summed E-state index contributed by atoms with van der Waals surface area (Å²) in [5.41, 5.74) is -0.177. The number of hydrogen-bond donors (Lipinski definition) is 1. The molecule has 1 fully saturated rings. The van der Waals surface area contributed by atoms with E-state index in [1.807, 2.05) is 6.07 Å². The second-order valence-corrected chi connectivity index (χ2v) is 6.30. The molecule has 1 aliphatic rings. The summed E-state index contributed by atoms with van der Waals surface area (Å²) in [6.07, 6.45) is 1.52. The highest BCUT2D eigenvalue weighted by Crippen LogP contribution is 2.34. The normalized spacial score (nSPS) is 15.4. The van der Waals surface area contributed by atoms with Gasteiger partial charge in [-0.15, -0.1) is 0 Å². The van der Waals surface area contributed by atoms with Gasteiger partial charge >= 0.3 is 6.18 Å². The van der Waals surface area contributed by atoms with E-state index in [2.05, 4.69) is 15.2 Å². The molecular formula is C19H20F3N3O. The first-order valence-electron chi connectivity index (χ1n) is 8.64. The third-order valence-corrected chi connectivity index (χ3v) is 4.43. The maximum Gasteiger partial charge on any atom is 0.418 e. The van der Waals surface area contributed by atoms with Crippen molar-refractivity contribution in [2.24, 2.45) is 0 Å². The van der Waals surface area contributed by atoms with Crippen LogP contribution in [0.25, 0.3) is 0 Å². The van der Waals surface area contributed by atoms with Gasteiger partial charge in [-0.2, -0.15) is 13.2 Å². The number of halogens is 3. The van der Waals surface area contributed by atoms with Crippen LogP contribution in [0.15, 0.2) is 42.6 Å². The van der Waals surface area contributed by atoms with Gasteiger partial charge in [0.25, 0.3) is 5.91 Å². The van der Waals surface area contributed by atoms with Gasteiger partial charge in [0.2, 0.25) is 0 Å². The Bertz CT molecular complexity index is 769. The summed E-state index contributed by atoms with van der Waals surface area (Å²) < 4.78 is 39.2. The largest absolute Gasteiger partial charge is 0.418 e. The van der Waals surface area contributed by atoms with Crippen molar-refractivity contribution in [2.45, 2.75) is 31.9 Å². The molecule has 0 saturated carbocycles. The Morgan fingerprint density at radius 3 is 2.42 bits per heavy atom. The molecule has 0 radical (unpaired) electrons. The molecule has 0 spiro atoms. The molecule has 0 unspecified atom stereocenters. The zero-order valence-corrected chi connectivity index (χ0v) is 14.2. The van der Waals surface area contributed by atoms with Gasteiger partial charge in [-0.3, -0.25) is 9.78 Å². The highest BCUT2D eigenvalue weighted by molar-refractivity contribution is 6.03. The van der Waals surface area contributed by atoms with E-state index in [-0.39, 0.29) is 11.4 Å². The molecule has 1 amide bonds. The van der Waals surface area contributed by atoms with Gasteiger partial charge < -0.3 is 10.2 Å². The SMILES string of the molecule is O=C(Nc1ccccc1C(F)(F)F)c1cc(N2CCCCCC2)ccn1. The molecule has 1 aliphatic heterocycles. The third kappa shape index (κ3) is 4.33. The molecule has 7 heteroatoms. The van der Waals surface area contributed by atoms with E-state index in [0.29, 0.717) is 0 Å². The number of para-hydroxylation sites is 1. The molecular weight excluding hydrogens is 343 g/mol. The second kappa shape index (κ2) is 7.76. The monoisotopic (exact) mass is 363 g/mol. The first-order valence-corrected chi connectivity index (χ1v) is 8.64. The van der Waals surface area contributed by atoms with E-state index in [1.165, 1.54) is 37.2 Å². The highest BCUT2D eigenvalue weighted by Gasteiger charge is 2.33. The Morgan fingerprint density at radius 1 is 1.04 bits per heavy atom. The van der Waals surface area contributed by atoms with Crippen molar-refractivity contribution in [3.8, 4) is 0 Å². The minimum atomic E-state index is -4.54. The maximum absolute atomic E-state index is 13.1. The first-order chi connectivity index (χ1) is 12.4. The molecule has 1 aromatic carbocycles. The van der Waals surface area contributed by atoms with Crippen LogP contribution in [-0.4, -0.2) is 24.0 Å². The lowest BCUT2D eigenvalue weighted by molar-refractivity contribution is -0.136. The lowest BCUT2D eigenvalue weighted by Gasteiger charge is -2.22. The van der Waals surface area contributed by atoms with E-state index in [9.17, 15) is 18.0 Å². The van der Waals surface area contributed by atoms with Crippen molar-refractivity contribution < 1.29 is 18.0 Å². The second-order valence-electron chi connectivity index (χ2n) is 6.30. The van der Waals surface area contributed by atoms with E-state index in [4.69, 9.17) is 0 Å². The number of nitrogens with zero attached hydrogens (tertiary/aromatic N) is 2. The quantitative estimate of drug-likeness (QED) is 0.857. The number of carbonyl (C=O) groups excluding carboxylic acids is 1. The molecule has 1 aromatic heterocycles. The molecule has 1 saturated heterocycles. The van der Waals surface area contributed by atoms with Gasteiger partial charge in [0.1, 0.15) is 5.69 Å². The molecule has 138 valence electrons. The van der Waals surface area contributed by atoms with Crippen LogP contribution in [0.5, 0.6) is 0 Å². The first kappa shape index (κ1) is 18.2. The Balaban J connectivity index is 1.80. The van der Waals surface area contributed by atoms with Crippen LogP contribution >= 0.6 is 0 Å². The fraction of sp³-hybridized carbons (Fsp3) is 0.368. The number of carbonyl (C=O) groups is 1. The molecule has 2 aromatic rings. The lowest BCUT2D eigenvalue weighted by Crippen LogP contribution is -2.24. The Hall–Kier alpha value is -2.57. The maximum atomic E-state index is 13.1. The summed E-state index contributed by atoms with van der Waals surface area (Å²) in [4.78, 5) is 18.7. The van der Waals surface area contributed by atoms with E-state index in [1.54, 1.807) is 6.07 Å². The third-order valence-electron chi connectivity index (χ3n) is 4.43. The predicted molar refractivity (Wildman–Crippen MR) is 94.3 cm³/mol. The average Bonchev–Trinajstić information content (AvgIpc) is 2.91. The van der Waals surface area contributed by atoms with Crippen molar-refractivity contribution in [1.29, 1.82) is 0 Å². The van der Waals surface area contributed by atoms with Crippen LogP contribution in [0.4, 0.5) is 24.5 Å². The van der Waals surface area contributed by atoms with Crippen LogP contribution in [-0.2, 0) is 6.18 Å². The number of anilines is 2. The van der Waals surface area contributed by atoms with Gasteiger partial charge in [0.15, 0.2) is 0 Å². The molecule has 0 atom stereocenters. The minimum absolute atomic E-state index is 0.101. The highest BCUT2D eigenvalue weighted by atomic mass is 19.4. The van der Waals surface area contributed by atoms with Crippen LogP contribution in [0.1, 0.15) is 41.7 Å². The molecule has 3 rings (SSSR count). The Morgan fingerprint density at radius 2 is 1.73 bits per heavy atom. The number of hydrogen-bond acceptors (Lipinski definition) is 3. The molecule has 2 heterocycles. The van der Waals surface area contributed by atoms with Crippen molar-refractivity contribution in [2.75, 3.05) is 23.3 Å². The molecule has 0 bridgehead atoms. The van der Waals surface area contributed by atoms with Gasteiger partial charge in [-0.25, -0.2) is 0 Å². The average molecular weight is 363 g/mol. The van der Waals surface area contributed by atoms with Crippen LogP contribution in [0, 0.1) is 0 Å².